The van der Waals surface area contributed by atoms with E-state index in [2.05, 4.69) is 14.9 Å². The van der Waals surface area contributed by atoms with Gasteiger partial charge in [-0.25, -0.2) is 4.98 Å². The minimum absolute atomic E-state index is 0.00576. The lowest BCUT2D eigenvalue weighted by molar-refractivity contribution is -0.141. The van der Waals surface area contributed by atoms with Crippen LogP contribution in [0.3, 0.4) is 0 Å². The van der Waals surface area contributed by atoms with E-state index < -0.39 is 18.0 Å². The molecule has 1 fully saturated rings. The second-order valence-corrected chi connectivity index (χ2v) is 6.18. The molecule has 7 heteroatoms. The van der Waals surface area contributed by atoms with Crippen LogP contribution in [0.15, 0.2) is 36.5 Å². The third-order valence-electron chi connectivity index (χ3n) is 4.49. The minimum Gasteiger partial charge on any atom is -0.387 e. The highest BCUT2D eigenvalue weighted by Crippen LogP contribution is 2.31. The third-order valence-corrected chi connectivity index (χ3v) is 4.49. The van der Waals surface area contributed by atoms with Crippen LogP contribution in [0.25, 0.3) is 0 Å². The average Bonchev–Trinajstić information content (AvgIpc) is 3.07. The molecule has 1 aromatic carbocycles. The summed E-state index contributed by atoms with van der Waals surface area (Å²) < 4.78 is 37.9. The topological polar surface area (TPSA) is 52.1 Å². The summed E-state index contributed by atoms with van der Waals surface area (Å²) in [6.07, 6.45) is -2.62. The number of β-amino-alcohol motifs (C(OH)–C–C–N with tert-alkyl or cyclic N) is 1. The van der Waals surface area contributed by atoms with Crippen molar-refractivity contribution in [1.82, 2.24) is 14.9 Å². The van der Waals surface area contributed by atoms with Gasteiger partial charge in [0.15, 0.2) is 0 Å². The molecule has 2 heterocycles. The Hall–Kier alpha value is -1.86. The Morgan fingerprint density at radius 2 is 1.88 bits per heavy atom. The van der Waals surface area contributed by atoms with Crippen LogP contribution in [-0.2, 0) is 6.18 Å². The van der Waals surface area contributed by atoms with Crippen LogP contribution in [0.5, 0.6) is 0 Å². The zero-order valence-corrected chi connectivity index (χ0v) is 13.1. The largest absolute Gasteiger partial charge is 0.432 e. The number of alkyl halides is 3. The Balaban J connectivity index is 1.53. The Bertz CT molecular complexity index is 649. The van der Waals surface area contributed by atoms with Gasteiger partial charge in [-0.1, -0.05) is 30.3 Å². The molecule has 1 aromatic heterocycles. The van der Waals surface area contributed by atoms with Gasteiger partial charge in [-0.15, -0.1) is 0 Å². The first-order valence-corrected chi connectivity index (χ1v) is 8.01. The number of likely N-dealkylation sites (tertiary alicyclic amines) is 1. The number of hydrogen-bond donors (Lipinski definition) is 2. The van der Waals surface area contributed by atoms with Gasteiger partial charge < -0.3 is 15.0 Å². The van der Waals surface area contributed by atoms with Crippen molar-refractivity contribution in [1.29, 1.82) is 0 Å². The summed E-state index contributed by atoms with van der Waals surface area (Å²) >= 11 is 0. The molecule has 130 valence electrons. The van der Waals surface area contributed by atoms with Crippen molar-refractivity contribution in [2.45, 2.75) is 31.0 Å². The highest BCUT2D eigenvalue weighted by molar-refractivity contribution is 5.17. The maximum Gasteiger partial charge on any atom is 0.432 e. The molecule has 0 radical (unpaired) electrons. The molecule has 1 atom stereocenters. The van der Waals surface area contributed by atoms with Crippen molar-refractivity contribution in [2.24, 2.45) is 0 Å². The first kappa shape index (κ1) is 17.0. The summed E-state index contributed by atoms with van der Waals surface area (Å²) in [5.41, 5.74) is 0.0832. The summed E-state index contributed by atoms with van der Waals surface area (Å²) in [6, 6.07) is 9.46. The van der Waals surface area contributed by atoms with Crippen LogP contribution < -0.4 is 0 Å². The molecule has 3 rings (SSSR count). The predicted molar refractivity (Wildman–Crippen MR) is 83.4 cm³/mol. The molecule has 0 spiro atoms. The number of aromatic nitrogens is 2. The molecular weight excluding hydrogens is 319 g/mol. The van der Waals surface area contributed by atoms with E-state index in [-0.39, 0.29) is 5.92 Å². The van der Waals surface area contributed by atoms with Gasteiger partial charge in [0, 0.05) is 12.5 Å². The van der Waals surface area contributed by atoms with E-state index in [4.69, 9.17) is 0 Å². The van der Waals surface area contributed by atoms with Gasteiger partial charge in [0.05, 0.1) is 12.3 Å². The third kappa shape index (κ3) is 3.96. The van der Waals surface area contributed by atoms with Gasteiger partial charge in [0.1, 0.15) is 11.5 Å². The molecule has 24 heavy (non-hydrogen) atoms. The molecule has 0 amide bonds. The fourth-order valence-electron chi connectivity index (χ4n) is 3.10. The number of halogens is 3. The number of imidazole rings is 1. The van der Waals surface area contributed by atoms with E-state index in [1.165, 1.54) is 0 Å². The molecule has 1 unspecified atom stereocenters. The summed E-state index contributed by atoms with van der Waals surface area (Å²) in [5, 5.41) is 10.3. The quantitative estimate of drug-likeness (QED) is 0.898. The molecule has 4 nitrogen and oxygen atoms in total. The fraction of sp³-hybridized carbons (Fsp3) is 0.471. The van der Waals surface area contributed by atoms with Crippen molar-refractivity contribution >= 4 is 0 Å². The van der Waals surface area contributed by atoms with Gasteiger partial charge in [0.2, 0.25) is 0 Å². The SMILES string of the molecule is OC(CN1CCC(c2ncc(C(F)(F)F)[nH]2)CC1)c1ccccc1. The smallest absolute Gasteiger partial charge is 0.387 e. The molecule has 0 saturated carbocycles. The molecule has 2 aromatic rings. The van der Waals surface area contributed by atoms with Crippen LogP contribution in [0.2, 0.25) is 0 Å². The average molecular weight is 339 g/mol. The zero-order chi connectivity index (χ0) is 17.2. The highest BCUT2D eigenvalue weighted by atomic mass is 19.4. The Morgan fingerprint density at radius 3 is 2.46 bits per heavy atom. The summed E-state index contributed by atoms with van der Waals surface area (Å²) in [5.74, 6) is 0.414. The number of aliphatic hydroxyl groups excluding tert-OH is 1. The maximum atomic E-state index is 12.6. The number of nitrogens with one attached hydrogen (secondary N) is 1. The standard InChI is InChI=1S/C17H20F3N3O/c18-17(19,20)15-10-21-16(22-15)13-6-8-23(9-7-13)11-14(24)12-4-2-1-3-5-12/h1-5,10,13-14,24H,6-9,11H2,(H,21,22). The van der Waals surface area contributed by atoms with Gasteiger partial charge in [-0.2, -0.15) is 13.2 Å². The lowest BCUT2D eigenvalue weighted by Crippen LogP contribution is -2.36. The van der Waals surface area contributed by atoms with E-state index >= 15 is 0 Å². The normalized spacial score (nSPS) is 18.7. The molecule has 2 N–H and O–H groups in total. The first-order chi connectivity index (χ1) is 11.4. The number of nitrogens with zero attached hydrogens (tertiary/aromatic N) is 2. The second-order valence-electron chi connectivity index (χ2n) is 6.18. The maximum absolute atomic E-state index is 12.6. The number of benzene rings is 1. The molecule has 1 aliphatic heterocycles. The van der Waals surface area contributed by atoms with Gasteiger partial charge >= 0.3 is 6.18 Å². The van der Waals surface area contributed by atoms with Crippen LogP contribution >= 0.6 is 0 Å². The van der Waals surface area contributed by atoms with Gasteiger partial charge in [-0.3, -0.25) is 0 Å². The van der Waals surface area contributed by atoms with Gasteiger partial charge in [0.25, 0.3) is 0 Å². The van der Waals surface area contributed by atoms with Crippen molar-refractivity contribution < 1.29 is 18.3 Å². The van der Waals surface area contributed by atoms with E-state index in [1.807, 2.05) is 30.3 Å². The highest BCUT2D eigenvalue weighted by Gasteiger charge is 2.34. The fourth-order valence-corrected chi connectivity index (χ4v) is 3.10. The van der Waals surface area contributed by atoms with Crippen molar-refractivity contribution in [3.05, 3.63) is 53.6 Å². The van der Waals surface area contributed by atoms with E-state index in [1.54, 1.807) is 0 Å². The van der Waals surface area contributed by atoms with Crippen LogP contribution in [-0.4, -0.2) is 39.6 Å². The summed E-state index contributed by atoms with van der Waals surface area (Å²) in [4.78, 5) is 8.44. The lowest BCUT2D eigenvalue weighted by atomic mass is 9.95. The second kappa shape index (κ2) is 6.94. The van der Waals surface area contributed by atoms with Crippen molar-refractivity contribution in [2.75, 3.05) is 19.6 Å². The van der Waals surface area contributed by atoms with E-state index in [9.17, 15) is 18.3 Å². The molecule has 1 aliphatic rings. The van der Waals surface area contributed by atoms with Crippen molar-refractivity contribution in [3.63, 3.8) is 0 Å². The number of aliphatic hydroxyl groups is 1. The van der Waals surface area contributed by atoms with Crippen LogP contribution in [0, 0.1) is 0 Å². The predicted octanol–water partition coefficient (Wildman–Crippen LogP) is 3.34. The lowest BCUT2D eigenvalue weighted by Gasteiger charge is -2.32. The summed E-state index contributed by atoms with van der Waals surface area (Å²) in [6.45, 7) is 2.00. The number of rotatable bonds is 4. The Kier molecular flexibility index (Phi) is 4.91. The van der Waals surface area contributed by atoms with Crippen LogP contribution in [0.4, 0.5) is 13.2 Å². The Labute approximate surface area is 138 Å². The first-order valence-electron chi connectivity index (χ1n) is 8.01. The van der Waals surface area contributed by atoms with E-state index in [0.29, 0.717) is 12.4 Å². The monoisotopic (exact) mass is 339 g/mol. The van der Waals surface area contributed by atoms with E-state index in [0.717, 1.165) is 37.7 Å². The Morgan fingerprint density at radius 1 is 1.21 bits per heavy atom. The minimum atomic E-state index is -4.38. The number of aromatic amines is 1. The molecule has 0 bridgehead atoms. The number of H-pyrrole nitrogens is 1. The zero-order valence-electron chi connectivity index (χ0n) is 13.1. The van der Waals surface area contributed by atoms with Crippen molar-refractivity contribution in [3.8, 4) is 0 Å². The molecule has 1 saturated heterocycles. The summed E-state index contributed by atoms with van der Waals surface area (Å²) in [7, 11) is 0. The molecule has 0 aliphatic carbocycles. The van der Waals surface area contributed by atoms with Gasteiger partial charge in [-0.05, 0) is 31.5 Å². The number of hydrogen-bond acceptors (Lipinski definition) is 3. The molecular formula is C17H20F3N3O. The number of piperidine rings is 1. The van der Waals surface area contributed by atoms with Crippen LogP contribution in [0.1, 0.15) is 41.9 Å².